The van der Waals surface area contributed by atoms with Crippen molar-refractivity contribution in [1.82, 2.24) is 0 Å². The van der Waals surface area contributed by atoms with Gasteiger partial charge in [-0.15, -0.1) is 0 Å². The lowest BCUT2D eigenvalue weighted by Gasteiger charge is -2.03. The highest BCUT2D eigenvalue weighted by atomic mass is 32.2. The number of hydrogen-bond acceptors (Lipinski definition) is 3. The Balaban J connectivity index is 2.74. The Labute approximate surface area is 82.6 Å². The third kappa shape index (κ3) is 3.57. The highest BCUT2D eigenvalue weighted by Crippen LogP contribution is 2.06. The number of carbonyl (C=O) groups is 1. The molecule has 0 spiro atoms. The Morgan fingerprint density at radius 3 is 2.43 bits per heavy atom. The Bertz CT molecular complexity index is 411. The summed E-state index contributed by atoms with van der Waals surface area (Å²) in [4.78, 5) is 10.3. The number of carboxylic acid groups (broad SMARTS) is 1. The molecule has 0 aromatic heterocycles. The highest BCUT2D eigenvalue weighted by Gasteiger charge is 2.12. The van der Waals surface area contributed by atoms with Crippen LogP contribution in [0.15, 0.2) is 30.3 Å². The monoisotopic (exact) mass is 213 g/mol. The van der Waals surface area contributed by atoms with E-state index in [1.807, 2.05) is 6.07 Å². The Kier molecular flexibility index (Phi) is 3.24. The molecule has 0 heterocycles. The molecule has 1 aromatic carbocycles. The maximum absolute atomic E-state index is 11.5. The summed E-state index contributed by atoms with van der Waals surface area (Å²) in [5.41, 5.74) is 0.730. The summed E-state index contributed by atoms with van der Waals surface area (Å²) in [6.07, 6.45) is 0. The van der Waals surface area contributed by atoms with E-state index in [9.17, 15) is 9.00 Å². The lowest BCUT2D eigenvalue weighted by atomic mass is 10.2. The van der Waals surface area contributed by atoms with Crippen molar-refractivity contribution < 1.29 is 14.1 Å². The molecule has 0 aliphatic rings. The molecule has 1 unspecified atom stereocenters. The highest BCUT2D eigenvalue weighted by molar-refractivity contribution is 7.92. The van der Waals surface area contributed by atoms with E-state index in [1.54, 1.807) is 24.3 Å². The van der Waals surface area contributed by atoms with E-state index < -0.39 is 21.5 Å². The third-order valence-electron chi connectivity index (χ3n) is 1.60. The zero-order valence-corrected chi connectivity index (χ0v) is 8.29. The Morgan fingerprint density at radius 1 is 1.36 bits per heavy atom. The summed E-state index contributed by atoms with van der Waals surface area (Å²) >= 11 is 0. The van der Waals surface area contributed by atoms with Gasteiger partial charge >= 0.3 is 5.97 Å². The second kappa shape index (κ2) is 4.23. The van der Waals surface area contributed by atoms with Gasteiger partial charge in [0.05, 0.1) is 15.5 Å². The predicted molar refractivity (Wildman–Crippen MR) is 53.5 cm³/mol. The molecule has 1 rings (SSSR count). The van der Waals surface area contributed by atoms with E-state index in [0.717, 1.165) is 5.56 Å². The molecule has 1 aromatic rings. The summed E-state index contributed by atoms with van der Waals surface area (Å²) in [7, 11) is -3.03. The topological polar surface area (TPSA) is 78.2 Å². The number of nitrogens with one attached hydrogen (secondary N) is 1. The first-order chi connectivity index (χ1) is 6.49. The fourth-order valence-corrected chi connectivity index (χ4v) is 2.33. The minimum atomic E-state index is -3.03. The summed E-state index contributed by atoms with van der Waals surface area (Å²) in [5, 5.41) is 8.43. The van der Waals surface area contributed by atoms with Crippen molar-refractivity contribution >= 4 is 15.7 Å². The maximum atomic E-state index is 11.5. The van der Waals surface area contributed by atoms with E-state index in [4.69, 9.17) is 9.89 Å². The molecule has 1 atom stereocenters. The summed E-state index contributed by atoms with van der Waals surface area (Å²) in [6.45, 7) is 0. The molecule has 5 heteroatoms. The van der Waals surface area contributed by atoms with Crippen LogP contribution in [0.4, 0.5) is 0 Å². The first-order valence-corrected chi connectivity index (χ1v) is 5.89. The van der Waals surface area contributed by atoms with Crippen molar-refractivity contribution in [1.29, 1.82) is 4.78 Å². The smallest absolute Gasteiger partial charge is 0.317 e. The van der Waals surface area contributed by atoms with E-state index in [1.165, 1.54) is 0 Å². The fraction of sp³-hybridized carbons (Fsp3) is 0.222. The molecule has 0 radical (unpaired) electrons. The number of aliphatic carboxylic acids is 1. The van der Waals surface area contributed by atoms with Crippen LogP contribution in [-0.4, -0.2) is 21.0 Å². The van der Waals surface area contributed by atoms with Gasteiger partial charge < -0.3 is 5.11 Å². The maximum Gasteiger partial charge on any atom is 0.317 e. The largest absolute Gasteiger partial charge is 0.481 e. The minimum Gasteiger partial charge on any atom is -0.481 e. The second-order valence-electron chi connectivity index (χ2n) is 2.98. The third-order valence-corrected chi connectivity index (χ3v) is 3.11. The van der Waals surface area contributed by atoms with E-state index in [2.05, 4.69) is 0 Å². The van der Waals surface area contributed by atoms with E-state index >= 15 is 0 Å². The molecule has 14 heavy (non-hydrogen) atoms. The molecule has 0 saturated heterocycles. The van der Waals surface area contributed by atoms with Crippen molar-refractivity contribution in [3.8, 4) is 0 Å². The normalized spacial score (nSPS) is 14.6. The SMILES string of the molecule is N=S(=O)(CC(=O)O)Cc1ccccc1. The zero-order valence-electron chi connectivity index (χ0n) is 7.47. The van der Waals surface area contributed by atoms with Gasteiger partial charge in [-0.3, -0.25) is 9.57 Å². The number of rotatable bonds is 4. The molecule has 0 aliphatic carbocycles. The summed E-state index contributed by atoms with van der Waals surface area (Å²) in [6, 6.07) is 8.82. The van der Waals surface area contributed by atoms with Gasteiger partial charge in [0.1, 0.15) is 5.75 Å². The van der Waals surface area contributed by atoms with Crippen molar-refractivity contribution in [2.45, 2.75) is 5.75 Å². The average Bonchev–Trinajstić information content (AvgIpc) is 2.02. The molecule has 0 amide bonds. The number of benzene rings is 1. The average molecular weight is 213 g/mol. The van der Waals surface area contributed by atoms with Gasteiger partial charge in [-0.1, -0.05) is 30.3 Å². The van der Waals surface area contributed by atoms with Gasteiger partial charge in [-0.05, 0) is 5.56 Å². The zero-order chi connectivity index (χ0) is 10.6. The van der Waals surface area contributed by atoms with Crippen molar-refractivity contribution in [2.75, 3.05) is 5.75 Å². The minimum absolute atomic E-state index is 0.000139. The predicted octanol–water partition coefficient (Wildman–Crippen LogP) is 1.32. The first-order valence-electron chi connectivity index (χ1n) is 3.99. The molecular weight excluding hydrogens is 202 g/mol. The van der Waals surface area contributed by atoms with Crippen LogP contribution < -0.4 is 0 Å². The Morgan fingerprint density at radius 2 is 1.93 bits per heavy atom. The van der Waals surface area contributed by atoms with Gasteiger partial charge in [0.15, 0.2) is 0 Å². The molecule has 2 N–H and O–H groups in total. The van der Waals surface area contributed by atoms with Crippen LogP contribution in [0.1, 0.15) is 5.56 Å². The van der Waals surface area contributed by atoms with Gasteiger partial charge in [-0.2, -0.15) is 0 Å². The molecule has 0 aliphatic heterocycles. The standard InChI is InChI=1S/C9H11NO3S/c10-14(13,7-9(11)12)6-8-4-2-1-3-5-8/h1-5,10H,6-7H2,(H,11,12). The van der Waals surface area contributed by atoms with Gasteiger partial charge in [-0.25, -0.2) is 4.21 Å². The van der Waals surface area contributed by atoms with E-state index in [-0.39, 0.29) is 5.75 Å². The van der Waals surface area contributed by atoms with Crippen LogP contribution in [-0.2, 0) is 20.3 Å². The van der Waals surface area contributed by atoms with Gasteiger partial charge in [0.2, 0.25) is 0 Å². The first kappa shape index (κ1) is 10.7. The van der Waals surface area contributed by atoms with Gasteiger partial charge in [0.25, 0.3) is 0 Å². The van der Waals surface area contributed by atoms with Crippen LogP contribution in [0, 0.1) is 4.78 Å². The molecule has 4 nitrogen and oxygen atoms in total. The van der Waals surface area contributed by atoms with Crippen LogP contribution in [0.5, 0.6) is 0 Å². The molecule has 0 fully saturated rings. The van der Waals surface area contributed by atoms with Crippen molar-refractivity contribution in [2.24, 2.45) is 0 Å². The lowest BCUT2D eigenvalue weighted by molar-refractivity contribution is -0.134. The molecular formula is C9H11NO3S. The summed E-state index contributed by atoms with van der Waals surface area (Å²) < 4.78 is 18.8. The van der Waals surface area contributed by atoms with E-state index in [0.29, 0.717) is 0 Å². The van der Waals surface area contributed by atoms with Crippen LogP contribution >= 0.6 is 0 Å². The van der Waals surface area contributed by atoms with Crippen LogP contribution in [0.25, 0.3) is 0 Å². The molecule has 76 valence electrons. The van der Waals surface area contributed by atoms with Crippen LogP contribution in [0.3, 0.4) is 0 Å². The molecule has 0 saturated carbocycles. The second-order valence-corrected chi connectivity index (χ2v) is 5.18. The summed E-state index contributed by atoms with van der Waals surface area (Å²) in [5.74, 6) is -1.79. The molecule has 0 bridgehead atoms. The fourth-order valence-electron chi connectivity index (χ4n) is 1.09. The van der Waals surface area contributed by atoms with Crippen molar-refractivity contribution in [3.05, 3.63) is 35.9 Å². The quantitative estimate of drug-likeness (QED) is 0.791. The van der Waals surface area contributed by atoms with Crippen LogP contribution in [0.2, 0.25) is 0 Å². The Hall–Kier alpha value is -1.36. The lowest BCUT2D eigenvalue weighted by Crippen LogP contribution is -2.15. The van der Waals surface area contributed by atoms with Gasteiger partial charge in [0, 0.05) is 0 Å². The van der Waals surface area contributed by atoms with Crippen molar-refractivity contribution in [3.63, 3.8) is 0 Å². The number of hydrogen-bond donors (Lipinski definition) is 2. The number of carboxylic acids is 1.